The standard InChI is InChI=1S/C15H16FN3O/c1-2-19(10-4-9-18)15(20)14-7-6-13(16)11-12(14)5-3-8-17/h6-7,11H,2,4,8,10,17H2,1H3. The van der Waals surface area contributed by atoms with Crippen molar-refractivity contribution in [3.05, 3.63) is 35.1 Å². The van der Waals surface area contributed by atoms with Crippen molar-refractivity contribution < 1.29 is 9.18 Å². The Labute approximate surface area is 118 Å². The fourth-order valence-corrected chi connectivity index (χ4v) is 1.71. The molecular formula is C15H16FN3O. The number of hydrogen-bond acceptors (Lipinski definition) is 3. The molecule has 1 amide bonds. The van der Waals surface area contributed by atoms with Crippen LogP contribution in [0.25, 0.3) is 0 Å². The summed E-state index contributed by atoms with van der Waals surface area (Å²) in [7, 11) is 0. The summed E-state index contributed by atoms with van der Waals surface area (Å²) < 4.78 is 13.3. The maximum Gasteiger partial charge on any atom is 0.255 e. The first kappa shape index (κ1) is 15.7. The van der Waals surface area contributed by atoms with E-state index in [4.69, 9.17) is 11.0 Å². The number of benzene rings is 1. The van der Waals surface area contributed by atoms with Gasteiger partial charge in [0.15, 0.2) is 0 Å². The van der Waals surface area contributed by atoms with Gasteiger partial charge in [0.25, 0.3) is 5.91 Å². The minimum absolute atomic E-state index is 0.135. The Balaban J connectivity index is 3.11. The molecule has 0 aliphatic carbocycles. The van der Waals surface area contributed by atoms with Crippen molar-refractivity contribution >= 4 is 5.91 Å². The van der Waals surface area contributed by atoms with Crippen LogP contribution < -0.4 is 5.73 Å². The fourth-order valence-electron chi connectivity index (χ4n) is 1.71. The maximum absolute atomic E-state index is 13.3. The van der Waals surface area contributed by atoms with Crippen LogP contribution in [-0.2, 0) is 0 Å². The molecule has 2 N–H and O–H groups in total. The van der Waals surface area contributed by atoms with Crippen molar-refractivity contribution in [2.75, 3.05) is 19.6 Å². The summed E-state index contributed by atoms with van der Waals surface area (Å²) in [5.41, 5.74) is 5.94. The molecule has 0 heterocycles. The van der Waals surface area contributed by atoms with Crippen LogP contribution in [0, 0.1) is 29.0 Å². The van der Waals surface area contributed by atoms with Crippen LogP contribution in [0.1, 0.15) is 29.3 Å². The zero-order chi connectivity index (χ0) is 15.0. The normalized spacial score (nSPS) is 9.30. The molecule has 5 heteroatoms. The Morgan fingerprint density at radius 1 is 1.50 bits per heavy atom. The van der Waals surface area contributed by atoms with Gasteiger partial charge in [-0.15, -0.1) is 0 Å². The predicted octanol–water partition coefficient (Wildman–Crippen LogP) is 1.51. The number of nitrogens with zero attached hydrogens (tertiary/aromatic N) is 2. The van der Waals surface area contributed by atoms with Gasteiger partial charge in [0, 0.05) is 18.7 Å². The Kier molecular flexibility index (Phi) is 6.22. The number of rotatable bonds is 4. The van der Waals surface area contributed by atoms with Crippen molar-refractivity contribution in [1.82, 2.24) is 4.90 Å². The molecular weight excluding hydrogens is 257 g/mol. The molecule has 0 saturated heterocycles. The van der Waals surface area contributed by atoms with Crippen molar-refractivity contribution in [1.29, 1.82) is 5.26 Å². The topological polar surface area (TPSA) is 70.1 Å². The van der Waals surface area contributed by atoms with Gasteiger partial charge in [-0.1, -0.05) is 11.8 Å². The first-order valence-electron chi connectivity index (χ1n) is 6.28. The molecule has 0 bridgehead atoms. The van der Waals surface area contributed by atoms with Gasteiger partial charge in [-0.25, -0.2) is 4.39 Å². The molecule has 0 aliphatic heterocycles. The molecule has 1 aromatic rings. The van der Waals surface area contributed by atoms with Crippen LogP contribution in [0.5, 0.6) is 0 Å². The Morgan fingerprint density at radius 3 is 2.85 bits per heavy atom. The number of carbonyl (C=O) groups is 1. The number of hydrogen-bond donors (Lipinski definition) is 1. The smallest absolute Gasteiger partial charge is 0.255 e. The average Bonchev–Trinajstić information content (AvgIpc) is 2.45. The molecule has 1 aromatic carbocycles. The van der Waals surface area contributed by atoms with Crippen LogP contribution in [-0.4, -0.2) is 30.4 Å². The van der Waals surface area contributed by atoms with Crippen molar-refractivity contribution in [3.8, 4) is 17.9 Å². The van der Waals surface area contributed by atoms with E-state index in [0.29, 0.717) is 24.2 Å². The number of carbonyl (C=O) groups excluding carboxylic acids is 1. The molecule has 0 atom stereocenters. The Morgan fingerprint density at radius 2 is 2.25 bits per heavy atom. The molecule has 0 radical (unpaired) electrons. The summed E-state index contributed by atoms with van der Waals surface area (Å²) in [5, 5.41) is 8.60. The van der Waals surface area contributed by atoms with Gasteiger partial charge in [-0.3, -0.25) is 4.79 Å². The minimum atomic E-state index is -0.456. The molecule has 104 valence electrons. The van der Waals surface area contributed by atoms with E-state index in [0.717, 1.165) is 0 Å². The largest absolute Gasteiger partial charge is 0.338 e. The summed E-state index contributed by atoms with van der Waals surface area (Å²) in [6, 6.07) is 5.85. The van der Waals surface area contributed by atoms with E-state index in [9.17, 15) is 9.18 Å². The highest BCUT2D eigenvalue weighted by Crippen LogP contribution is 2.13. The third-order valence-corrected chi connectivity index (χ3v) is 2.70. The summed E-state index contributed by atoms with van der Waals surface area (Å²) >= 11 is 0. The fraction of sp³-hybridized carbons (Fsp3) is 0.333. The number of halogens is 1. The molecule has 1 rings (SSSR count). The summed E-state index contributed by atoms with van der Waals surface area (Å²) in [6.07, 6.45) is 0.255. The number of nitrogens with two attached hydrogens (primary N) is 1. The molecule has 0 aromatic heterocycles. The zero-order valence-electron chi connectivity index (χ0n) is 11.3. The van der Waals surface area contributed by atoms with Crippen LogP contribution in [0.4, 0.5) is 4.39 Å². The molecule has 4 nitrogen and oxygen atoms in total. The molecule has 20 heavy (non-hydrogen) atoms. The highest BCUT2D eigenvalue weighted by Gasteiger charge is 2.17. The second kappa shape index (κ2) is 7.93. The maximum atomic E-state index is 13.3. The highest BCUT2D eigenvalue weighted by atomic mass is 19.1. The van der Waals surface area contributed by atoms with E-state index < -0.39 is 5.82 Å². The third-order valence-electron chi connectivity index (χ3n) is 2.70. The van der Waals surface area contributed by atoms with Crippen LogP contribution in [0.3, 0.4) is 0 Å². The van der Waals surface area contributed by atoms with Gasteiger partial charge in [-0.05, 0) is 25.1 Å². The van der Waals surface area contributed by atoms with Gasteiger partial charge in [-0.2, -0.15) is 5.26 Å². The number of amides is 1. The lowest BCUT2D eigenvalue weighted by atomic mass is 10.1. The van der Waals surface area contributed by atoms with Gasteiger partial charge in [0.05, 0.1) is 24.6 Å². The lowest BCUT2D eigenvalue weighted by Crippen LogP contribution is -2.32. The molecule has 0 aliphatic rings. The molecule has 0 saturated carbocycles. The Bertz CT molecular complexity index is 581. The molecule has 0 fully saturated rings. The predicted molar refractivity (Wildman–Crippen MR) is 74.1 cm³/mol. The van der Waals surface area contributed by atoms with E-state index in [-0.39, 0.29) is 18.9 Å². The van der Waals surface area contributed by atoms with E-state index in [1.165, 1.54) is 23.1 Å². The van der Waals surface area contributed by atoms with Gasteiger partial charge in [0.1, 0.15) is 5.82 Å². The third kappa shape index (κ3) is 4.08. The van der Waals surface area contributed by atoms with Crippen LogP contribution >= 0.6 is 0 Å². The second-order valence-electron chi connectivity index (χ2n) is 3.99. The average molecular weight is 273 g/mol. The van der Waals surface area contributed by atoms with Gasteiger partial charge < -0.3 is 10.6 Å². The van der Waals surface area contributed by atoms with Gasteiger partial charge >= 0.3 is 0 Å². The van der Waals surface area contributed by atoms with Crippen LogP contribution in [0.15, 0.2) is 18.2 Å². The second-order valence-corrected chi connectivity index (χ2v) is 3.99. The first-order chi connectivity index (χ1) is 9.63. The molecule has 0 spiro atoms. The summed E-state index contributed by atoms with van der Waals surface area (Å²) in [5.74, 6) is 4.60. The van der Waals surface area contributed by atoms with E-state index in [2.05, 4.69) is 11.8 Å². The van der Waals surface area contributed by atoms with Crippen molar-refractivity contribution in [2.24, 2.45) is 5.73 Å². The number of nitriles is 1. The quantitative estimate of drug-likeness (QED) is 0.845. The van der Waals surface area contributed by atoms with E-state index in [1.54, 1.807) is 0 Å². The Hall–Kier alpha value is -2.37. The van der Waals surface area contributed by atoms with Crippen LogP contribution in [0.2, 0.25) is 0 Å². The monoisotopic (exact) mass is 273 g/mol. The zero-order valence-corrected chi connectivity index (χ0v) is 11.3. The molecule has 0 unspecified atom stereocenters. The lowest BCUT2D eigenvalue weighted by Gasteiger charge is -2.20. The highest BCUT2D eigenvalue weighted by molar-refractivity contribution is 5.96. The minimum Gasteiger partial charge on any atom is -0.338 e. The van der Waals surface area contributed by atoms with Crippen molar-refractivity contribution in [3.63, 3.8) is 0 Å². The van der Waals surface area contributed by atoms with Crippen molar-refractivity contribution in [2.45, 2.75) is 13.3 Å². The summed E-state index contributed by atoms with van der Waals surface area (Å²) in [6.45, 7) is 2.77. The van der Waals surface area contributed by atoms with E-state index in [1.807, 2.05) is 13.0 Å². The van der Waals surface area contributed by atoms with Gasteiger partial charge in [0.2, 0.25) is 0 Å². The lowest BCUT2D eigenvalue weighted by molar-refractivity contribution is 0.0767. The van der Waals surface area contributed by atoms with E-state index >= 15 is 0 Å². The first-order valence-corrected chi connectivity index (χ1v) is 6.28. The SMILES string of the molecule is CCN(CCC#N)C(=O)c1ccc(F)cc1C#CCN. The summed E-state index contributed by atoms with van der Waals surface area (Å²) in [4.78, 5) is 13.9.